The lowest BCUT2D eigenvalue weighted by Crippen LogP contribution is -2.32. The summed E-state index contributed by atoms with van der Waals surface area (Å²) in [4.78, 5) is 23.5. The van der Waals surface area contributed by atoms with Crippen molar-refractivity contribution >= 4 is 11.9 Å². The molecule has 0 amide bonds. The van der Waals surface area contributed by atoms with Crippen LogP contribution in [0.25, 0.3) is 0 Å². The van der Waals surface area contributed by atoms with Crippen molar-refractivity contribution in [1.29, 1.82) is 0 Å². The molecule has 0 aromatic rings. The van der Waals surface area contributed by atoms with E-state index < -0.39 is 23.8 Å². The molecule has 0 heterocycles. The minimum atomic E-state index is -1.06. The van der Waals surface area contributed by atoms with Crippen molar-refractivity contribution in [3.05, 3.63) is 0 Å². The van der Waals surface area contributed by atoms with Crippen molar-refractivity contribution in [2.45, 2.75) is 155 Å². The van der Waals surface area contributed by atoms with Gasteiger partial charge in [-0.25, -0.2) is 0 Å². The third kappa shape index (κ3) is 23.9. The van der Waals surface area contributed by atoms with E-state index in [1.165, 1.54) is 103 Å². The predicted molar refractivity (Wildman–Crippen MR) is 157 cm³/mol. The zero-order valence-corrected chi connectivity index (χ0v) is 25.1. The first-order valence-electron chi connectivity index (χ1n) is 16.2. The summed E-state index contributed by atoms with van der Waals surface area (Å²) < 4.78 is 11.3. The summed E-state index contributed by atoms with van der Waals surface area (Å²) in [5.74, 6) is -4.01. The minimum Gasteiger partial charge on any atom is -0.481 e. The molecule has 0 aliphatic carbocycles. The van der Waals surface area contributed by atoms with Crippen LogP contribution in [0.4, 0.5) is 0 Å². The molecular formula is C32H62O6. The highest BCUT2D eigenvalue weighted by Crippen LogP contribution is 2.21. The van der Waals surface area contributed by atoms with E-state index in [0.717, 1.165) is 25.7 Å². The van der Waals surface area contributed by atoms with Gasteiger partial charge in [-0.1, -0.05) is 129 Å². The molecule has 0 rings (SSSR count). The van der Waals surface area contributed by atoms with Gasteiger partial charge in [0, 0.05) is 26.4 Å². The van der Waals surface area contributed by atoms with Gasteiger partial charge in [-0.2, -0.15) is 0 Å². The summed E-state index contributed by atoms with van der Waals surface area (Å²) in [7, 11) is 0. The Labute approximate surface area is 234 Å². The van der Waals surface area contributed by atoms with E-state index in [1.54, 1.807) is 0 Å². The molecule has 6 heteroatoms. The highest BCUT2D eigenvalue weighted by molar-refractivity contribution is 5.79. The standard InChI is InChI=1S/C32H62O6/c1-3-5-7-9-11-13-15-17-19-21-25-37-27-23-29(31(33)34)30(32(35)36)24-28-38-26-22-20-18-16-14-12-10-8-6-4-2/h29-30H,3-28H2,1-2H3,(H,33,34)(H,35,36). The van der Waals surface area contributed by atoms with E-state index in [1.807, 2.05) is 0 Å². The highest BCUT2D eigenvalue weighted by Gasteiger charge is 2.33. The van der Waals surface area contributed by atoms with Crippen LogP contribution in [0, 0.1) is 11.8 Å². The quantitative estimate of drug-likeness (QED) is 0.0849. The van der Waals surface area contributed by atoms with Gasteiger partial charge in [0.15, 0.2) is 0 Å². The van der Waals surface area contributed by atoms with Crippen molar-refractivity contribution in [2.75, 3.05) is 26.4 Å². The van der Waals surface area contributed by atoms with Gasteiger partial charge in [-0.05, 0) is 25.7 Å². The SMILES string of the molecule is CCCCCCCCCCCCOCCC(C(=O)O)C(CCOCCCCCCCCCCCC)C(=O)O. The van der Waals surface area contributed by atoms with Crippen LogP contribution >= 0.6 is 0 Å². The fourth-order valence-corrected chi connectivity index (χ4v) is 5.00. The largest absolute Gasteiger partial charge is 0.481 e. The van der Waals surface area contributed by atoms with Crippen molar-refractivity contribution in [1.82, 2.24) is 0 Å². The maximum Gasteiger partial charge on any atom is 0.307 e. The smallest absolute Gasteiger partial charge is 0.307 e. The number of hydrogen-bond acceptors (Lipinski definition) is 4. The fraction of sp³-hybridized carbons (Fsp3) is 0.938. The zero-order chi connectivity index (χ0) is 28.1. The van der Waals surface area contributed by atoms with Gasteiger partial charge in [0.25, 0.3) is 0 Å². The van der Waals surface area contributed by atoms with Crippen molar-refractivity contribution < 1.29 is 29.3 Å². The first-order chi connectivity index (χ1) is 18.5. The molecular weight excluding hydrogens is 480 g/mol. The van der Waals surface area contributed by atoms with Crippen molar-refractivity contribution in [2.24, 2.45) is 11.8 Å². The molecule has 0 aromatic heterocycles. The van der Waals surface area contributed by atoms with Crippen molar-refractivity contribution in [3.8, 4) is 0 Å². The molecule has 0 bridgehead atoms. The fourth-order valence-electron chi connectivity index (χ4n) is 5.00. The molecule has 0 fully saturated rings. The van der Waals surface area contributed by atoms with Crippen LogP contribution in [-0.2, 0) is 19.1 Å². The Bertz CT molecular complexity index is 478. The van der Waals surface area contributed by atoms with E-state index in [9.17, 15) is 19.8 Å². The lowest BCUT2D eigenvalue weighted by Gasteiger charge is -2.20. The van der Waals surface area contributed by atoms with Gasteiger partial charge in [0.2, 0.25) is 0 Å². The molecule has 38 heavy (non-hydrogen) atoms. The molecule has 226 valence electrons. The van der Waals surface area contributed by atoms with Crippen LogP contribution in [0.5, 0.6) is 0 Å². The second kappa shape index (κ2) is 28.9. The van der Waals surface area contributed by atoms with E-state index in [2.05, 4.69) is 13.8 Å². The Balaban J connectivity index is 3.84. The monoisotopic (exact) mass is 542 g/mol. The summed E-state index contributed by atoms with van der Waals surface area (Å²) in [5.41, 5.74) is 0. The molecule has 0 radical (unpaired) electrons. The number of rotatable bonds is 31. The minimum absolute atomic E-state index is 0.225. The maximum absolute atomic E-state index is 11.8. The van der Waals surface area contributed by atoms with Crippen molar-refractivity contribution in [3.63, 3.8) is 0 Å². The van der Waals surface area contributed by atoms with E-state index in [-0.39, 0.29) is 26.1 Å². The molecule has 6 nitrogen and oxygen atoms in total. The third-order valence-corrected chi connectivity index (χ3v) is 7.55. The number of hydrogen-bond donors (Lipinski definition) is 2. The molecule has 2 atom stereocenters. The lowest BCUT2D eigenvalue weighted by molar-refractivity contribution is -0.155. The average Bonchev–Trinajstić information content (AvgIpc) is 2.89. The molecule has 0 saturated carbocycles. The Morgan fingerprint density at radius 1 is 0.447 bits per heavy atom. The second-order valence-electron chi connectivity index (χ2n) is 11.1. The van der Waals surface area contributed by atoms with Crippen LogP contribution in [-0.4, -0.2) is 48.6 Å². The molecule has 0 aliphatic heterocycles. The van der Waals surface area contributed by atoms with Gasteiger partial charge in [0.1, 0.15) is 0 Å². The molecule has 2 N–H and O–H groups in total. The Morgan fingerprint density at radius 2 is 0.711 bits per heavy atom. The van der Waals surface area contributed by atoms with Gasteiger partial charge in [-0.3, -0.25) is 9.59 Å². The molecule has 0 saturated heterocycles. The van der Waals surface area contributed by atoms with E-state index in [0.29, 0.717) is 13.2 Å². The first-order valence-corrected chi connectivity index (χ1v) is 16.2. The number of aliphatic carboxylic acids is 2. The van der Waals surface area contributed by atoms with Crippen LogP contribution in [0.15, 0.2) is 0 Å². The van der Waals surface area contributed by atoms with Gasteiger partial charge in [-0.15, -0.1) is 0 Å². The summed E-state index contributed by atoms with van der Waals surface area (Å²) in [6.45, 7) is 6.29. The van der Waals surface area contributed by atoms with Gasteiger partial charge < -0.3 is 19.7 Å². The molecule has 0 aromatic carbocycles. The van der Waals surface area contributed by atoms with Crippen LogP contribution in [0.1, 0.15) is 155 Å². The Morgan fingerprint density at radius 3 is 0.974 bits per heavy atom. The average molecular weight is 543 g/mol. The molecule has 0 aliphatic rings. The highest BCUT2D eigenvalue weighted by atomic mass is 16.5. The van der Waals surface area contributed by atoms with Crippen LogP contribution in [0.2, 0.25) is 0 Å². The van der Waals surface area contributed by atoms with Crippen LogP contribution < -0.4 is 0 Å². The second-order valence-corrected chi connectivity index (χ2v) is 11.1. The normalized spacial score (nSPS) is 13.0. The van der Waals surface area contributed by atoms with Gasteiger partial charge in [0.05, 0.1) is 11.8 Å². The maximum atomic E-state index is 11.8. The lowest BCUT2D eigenvalue weighted by atomic mass is 9.87. The number of ether oxygens (including phenoxy) is 2. The number of carboxylic acids is 2. The summed E-state index contributed by atoms with van der Waals surface area (Å²) in [5, 5.41) is 19.3. The predicted octanol–water partition coefficient (Wildman–Crippen LogP) is 9.04. The number of unbranched alkanes of at least 4 members (excludes halogenated alkanes) is 18. The summed E-state index contributed by atoms with van der Waals surface area (Å²) in [6.07, 6.45) is 25.6. The Kier molecular flexibility index (Phi) is 28.0. The Hall–Kier alpha value is -1.14. The summed E-state index contributed by atoms with van der Waals surface area (Å²) >= 11 is 0. The third-order valence-electron chi connectivity index (χ3n) is 7.55. The van der Waals surface area contributed by atoms with E-state index >= 15 is 0 Å². The zero-order valence-electron chi connectivity index (χ0n) is 25.1. The van der Waals surface area contributed by atoms with E-state index in [4.69, 9.17) is 9.47 Å². The van der Waals surface area contributed by atoms with Crippen LogP contribution in [0.3, 0.4) is 0 Å². The molecule has 0 spiro atoms. The first kappa shape index (κ1) is 36.9. The molecule has 2 unspecified atom stereocenters. The number of carboxylic acid groups (broad SMARTS) is 2. The number of carbonyl (C=O) groups is 2. The topological polar surface area (TPSA) is 93.1 Å². The summed E-state index contributed by atoms with van der Waals surface area (Å²) in [6, 6.07) is 0. The van der Waals surface area contributed by atoms with Gasteiger partial charge >= 0.3 is 11.9 Å².